The highest BCUT2D eigenvalue weighted by molar-refractivity contribution is 7.21. The van der Waals surface area contributed by atoms with Gasteiger partial charge in [0.15, 0.2) is 5.69 Å². The maximum absolute atomic E-state index is 11.6. The molecule has 2 heterocycles. The van der Waals surface area contributed by atoms with Gasteiger partial charge in [-0.25, -0.2) is 9.78 Å². The quantitative estimate of drug-likeness (QED) is 0.782. The van der Waals surface area contributed by atoms with Crippen molar-refractivity contribution in [3.63, 3.8) is 0 Å². The molecule has 0 fully saturated rings. The van der Waals surface area contributed by atoms with Crippen LogP contribution in [0.3, 0.4) is 0 Å². The standard InChI is InChI=1S/C13H15NO2S2/c1-13(2,3)9-6-5-8(18-9)11-10(12(15)16-4)14-7-17-11/h5-7H,1-4H3. The molecule has 3 nitrogen and oxygen atoms in total. The Morgan fingerprint density at radius 2 is 2.06 bits per heavy atom. The minimum absolute atomic E-state index is 0.124. The number of carbonyl (C=O) groups excluding carboxylic acids is 1. The van der Waals surface area contributed by atoms with Gasteiger partial charge >= 0.3 is 5.97 Å². The molecule has 2 aromatic rings. The average Bonchev–Trinajstić information content (AvgIpc) is 2.94. The van der Waals surface area contributed by atoms with Gasteiger partial charge in [-0.05, 0) is 17.5 Å². The van der Waals surface area contributed by atoms with E-state index in [1.54, 1.807) is 16.8 Å². The van der Waals surface area contributed by atoms with Crippen LogP contribution in [0.4, 0.5) is 0 Å². The molecule has 0 bridgehead atoms. The van der Waals surface area contributed by atoms with Crippen LogP contribution in [0.15, 0.2) is 17.6 Å². The van der Waals surface area contributed by atoms with Gasteiger partial charge in [-0.3, -0.25) is 0 Å². The van der Waals surface area contributed by atoms with E-state index < -0.39 is 0 Å². The number of thiazole rings is 1. The summed E-state index contributed by atoms with van der Waals surface area (Å²) in [5.74, 6) is -0.378. The SMILES string of the molecule is COC(=O)c1ncsc1-c1ccc(C(C)(C)C)s1. The number of thiophene rings is 1. The molecule has 2 rings (SSSR count). The molecule has 0 aliphatic carbocycles. The summed E-state index contributed by atoms with van der Waals surface area (Å²) in [7, 11) is 1.38. The van der Waals surface area contributed by atoms with Gasteiger partial charge in [-0.15, -0.1) is 22.7 Å². The highest BCUT2D eigenvalue weighted by Crippen LogP contribution is 2.38. The minimum atomic E-state index is -0.378. The number of hydrogen-bond acceptors (Lipinski definition) is 5. The highest BCUT2D eigenvalue weighted by atomic mass is 32.1. The van der Waals surface area contributed by atoms with Crippen LogP contribution in [0.25, 0.3) is 9.75 Å². The predicted molar refractivity (Wildman–Crippen MR) is 75.5 cm³/mol. The zero-order chi connectivity index (χ0) is 13.3. The normalized spacial score (nSPS) is 11.6. The van der Waals surface area contributed by atoms with Crippen molar-refractivity contribution in [2.24, 2.45) is 0 Å². The topological polar surface area (TPSA) is 39.2 Å². The van der Waals surface area contributed by atoms with Crippen molar-refractivity contribution in [3.8, 4) is 9.75 Å². The molecule has 18 heavy (non-hydrogen) atoms. The van der Waals surface area contributed by atoms with Crippen LogP contribution in [-0.2, 0) is 10.2 Å². The zero-order valence-electron chi connectivity index (χ0n) is 10.8. The summed E-state index contributed by atoms with van der Waals surface area (Å²) in [6.07, 6.45) is 0. The molecule has 2 aromatic heterocycles. The Hall–Kier alpha value is -1.20. The molecule has 0 atom stereocenters. The summed E-state index contributed by atoms with van der Waals surface area (Å²) in [4.78, 5) is 18.9. The molecule has 0 N–H and O–H groups in total. The fourth-order valence-corrected chi connectivity index (χ4v) is 3.50. The van der Waals surface area contributed by atoms with Gasteiger partial charge in [0.1, 0.15) is 0 Å². The molecule has 0 radical (unpaired) electrons. The Morgan fingerprint density at radius 3 is 2.61 bits per heavy atom. The number of carbonyl (C=O) groups is 1. The third-order valence-corrected chi connectivity index (χ3v) is 5.03. The van der Waals surface area contributed by atoms with Crippen molar-refractivity contribution >= 4 is 28.6 Å². The summed E-state index contributed by atoms with van der Waals surface area (Å²) in [5, 5.41) is 0. The molecule has 5 heteroatoms. The van der Waals surface area contributed by atoms with Gasteiger partial charge in [0, 0.05) is 9.75 Å². The Labute approximate surface area is 114 Å². The van der Waals surface area contributed by atoms with E-state index in [9.17, 15) is 4.79 Å². The first kappa shape index (κ1) is 13.2. The number of hydrogen-bond donors (Lipinski definition) is 0. The minimum Gasteiger partial charge on any atom is -0.464 e. The number of ether oxygens (including phenoxy) is 1. The van der Waals surface area contributed by atoms with Crippen LogP contribution in [0, 0.1) is 0 Å². The van der Waals surface area contributed by atoms with E-state index in [0.29, 0.717) is 5.69 Å². The van der Waals surface area contributed by atoms with Crippen molar-refractivity contribution in [3.05, 3.63) is 28.2 Å². The molecular formula is C13H15NO2S2. The van der Waals surface area contributed by atoms with Crippen molar-refractivity contribution in [1.29, 1.82) is 0 Å². The van der Waals surface area contributed by atoms with Crippen LogP contribution in [-0.4, -0.2) is 18.1 Å². The van der Waals surface area contributed by atoms with Gasteiger partial charge in [-0.2, -0.15) is 0 Å². The molecule has 0 saturated carbocycles. The smallest absolute Gasteiger partial charge is 0.358 e. The summed E-state index contributed by atoms with van der Waals surface area (Å²) in [6.45, 7) is 6.53. The summed E-state index contributed by atoms with van der Waals surface area (Å²) >= 11 is 3.17. The van der Waals surface area contributed by atoms with E-state index in [4.69, 9.17) is 4.74 Å². The van der Waals surface area contributed by atoms with Gasteiger partial charge in [0.25, 0.3) is 0 Å². The average molecular weight is 281 g/mol. The fourth-order valence-electron chi connectivity index (χ4n) is 1.53. The lowest BCUT2D eigenvalue weighted by Gasteiger charge is -2.15. The third kappa shape index (κ3) is 2.47. The maximum Gasteiger partial charge on any atom is 0.358 e. The number of methoxy groups -OCH3 is 1. The number of rotatable bonds is 2. The summed E-state index contributed by atoms with van der Waals surface area (Å²) < 4.78 is 4.74. The maximum atomic E-state index is 11.6. The third-order valence-electron chi connectivity index (χ3n) is 2.52. The van der Waals surface area contributed by atoms with Gasteiger partial charge < -0.3 is 4.74 Å². The van der Waals surface area contributed by atoms with E-state index in [-0.39, 0.29) is 11.4 Å². The lowest BCUT2D eigenvalue weighted by atomic mass is 9.95. The molecule has 0 unspecified atom stereocenters. The molecule has 0 aliphatic heterocycles. The molecule has 0 aromatic carbocycles. The lowest BCUT2D eigenvalue weighted by molar-refractivity contribution is 0.0596. The van der Waals surface area contributed by atoms with Crippen molar-refractivity contribution in [2.45, 2.75) is 26.2 Å². The summed E-state index contributed by atoms with van der Waals surface area (Å²) in [5.41, 5.74) is 2.21. The van der Waals surface area contributed by atoms with E-state index in [0.717, 1.165) is 9.75 Å². The molecule has 0 aliphatic rings. The first-order valence-electron chi connectivity index (χ1n) is 5.56. The van der Waals surface area contributed by atoms with E-state index in [1.807, 2.05) is 6.07 Å². The van der Waals surface area contributed by atoms with E-state index in [1.165, 1.54) is 23.3 Å². The van der Waals surface area contributed by atoms with Gasteiger partial charge in [-0.1, -0.05) is 20.8 Å². The van der Waals surface area contributed by atoms with Gasteiger partial charge in [0.2, 0.25) is 0 Å². The Morgan fingerprint density at radius 1 is 1.33 bits per heavy atom. The zero-order valence-corrected chi connectivity index (χ0v) is 12.4. The largest absolute Gasteiger partial charge is 0.464 e. The Kier molecular flexibility index (Phi) is 3.54. The molecular weight excluding hydrogens is 266 g/mol. The first-order chi connectivity index (χ1) is 8.43. The van der Waals surface area contributed by atoms with Crippen LogP contribution < -0.4 is 0 Å². The van der Waals surface area contributed by atoms with Crippen LogP contribution >= 0.6 is 22.7 Å². The predicted octanol–water partition coefficient (Wildman–Crippen LogP) is 3.96. The second-order valence-corrected chi connectivity index (χ2v) is 6.87. The number of esters is 1. The molecule has 96 valence electrons. The van der Waals surface area contributed by atoms with Gasteiger partial charge in [0.05, 0.1) is 17.5 Å². The van der Waals surface area contributed by atoms with Crippen molar-refractivity contribution < 1.29 is 9.53 Å². The Bertz CT molecular complexity index is 564. The van der Waals surface area contributed by atoms with Crippen LogP contribution in [0.5, 0.6) is 0 Å². The van der Waals surface area contributed by atoms with Crippen molar-refractivity contribution in [2.75, 3.05) is 7.11 Å². The molecule has 0 spiro atoms. The summed E-state index contributed by atoms with van der Waals surface area (Å²) in [6, 6.07) is 4.16. The second-order valence-electron chi connectivity index (χ2n) is 4.94. The first-order valence-corrected chi connectivity index (χ1v) is 7.25. The Balaban J connectivity index is 2.41. The van der Waals surface area contributed by atoms with Crippen molar-refractivity contribution in [1.82, 2.24) is 4.98 Å². The highest BCUT2D eigenvalue weighted by Gasteiger charge is 2.21. The number of aromatic nitrogens is 1. The second kappa shape index (κ2) is 4.82. The molecule has 0 saturated heterocycles. The lowest BCUT2D eigenvalue weighted by Crippen LogP contribution is -2.07. The van der Waals surface area contributed by atoms with Crippen LogP contribution in [0.2, 0.25) is 0 Å². The van der Waals surface area contributed by atoms with E-state index >= 15 is 0 Å². The monoisotopic (exact) mass is 281 g/mol. The molecule has 0 amide bonds. The van der Waals surface area contributed by atoms with E-state index in [2.05, 4.69) is 31.8 Å². The fraction of sp³-hybridized carbons (Fsp3) is 0.385. The van der Waals surface area contributed by atoms with Crippen LogP contribution in [0.1, 0.15) is 36.1 Å². The number of nitrogens with zero attached hydrogens (tertiary/aromatic N) is 1.